The van der Waals surface area contributed by atoms with Gasteiger partial charge in [-0.1, -0.05) is 41.4 Å². The zero-order chi connectivity index (χ0) is 19.4. The fraction of sp³-hybridized carbons (Fsp3) is 0.300. The largest absolute Gasteiger partial charge is 0.506 e. The zero-order valence-corrected chi connectivity index (χ0v) is 16.1. The van der Waals surface area contributed by atoms with Gasteiger partial charge in [0.25, 0.3) is 0 Å². The lowest BCUT2D eigenvalue weighted by atomic mass is 9.95. The quantitative estimate of drug-likeness (QED) is 0.750. The Bertz CT molecular complexity index is 829. The number of phenols is 1. The predicted octanol–water partition coefficient (Wildman–Crippen LogP) is 4.12. The summed E-state index contributed by atoms with van der Waals surface area (Å²) in [5.74, 6) is -0.352. The second-order valence-electron chi connectivity index (χ2n) is 6.54. The van der Waals surface area contributed by atoms with Crippen LogP contribution in [0.4, 0.5) is 5.69 Å². The molecule has 1 fully saturated rings. The fourth-order valence-corrected chi connectivity index (χ4v) is 3.70. The number of phenolic OH excluding ortho intramolecular Hbond substituents is 1. The number of carbonyl (C=O) groups is 2. The van der Waals surface area contributed by atoms with Gasteiger partial charge in [0, 0.05) is 29.1 Å². The Balaban J connectivity index is 1.54. The molecule has 0 aromatic heterocycles. The van der Waals surface area contributed by atoms with Gasteiger partial charge in [0.2, 0.25) is 11.8 Å². The van der Waals surface area contributed by atoms with E-state index in [2.05, 4.69) is 5.32 Å². The Hall–Kier alpha value is -2.24. The van der Waals surface area contributed by atoms with Crippen LogP contribution in [0.25, 0.3) is 0 Å². The van der Waals surface area contributed by atoms with Crippen LogP contribution in [0, 0.1) is 5.92 Å². The number of hydrogen-bond acceptors (Lipinski definition) is 3. The van der Waals surface area contributed by atoms with Gasteiger partial charge in [0.1, 0.15) is 5.75 Å². The third kappa shape index (κ3) is 4.73. The van der Waals surface area contributed by atoms with Crippen molar-refractivity contribution in [3.63, 3.8) is 0 Å². The van der Waals surface area contributed by atoms with Crippen molar-refractivity contribution in [2.45, 2.75) is 19.3 Å². The smallest absolute Gasteiger partial charge is 0.227 e. The molecule has 3 rings (SSSR count). The van der Waals surface area contributed by atoms with Crippen LogP contribution >= 0.6 is 23.2 Å². The third-order valence-corrected chi connectivity index (χ3v) is 5.48. The molecule has 7 heteroatoms. The first kappa shape index (κ1) is 19.5. The second kappa shape index (κ2) is 8.63. The molecule has 2 aromatic rings. The first-order chi connectivity index (χ1) is 13.0. The van der Waals surface area contributed by atoms with Gasteiger partial charge in [-0.15, -0.1) is 0 Å². The SMILES string of the molecule is O=C(Nc1ccccc1O)C1CCN(C(=O)Cc2c(Cl)cccc2Cl)CC1. The van der Waals surface area contributed by atoms with E-state index < -0.39 is 0 Å². The molecular weight excluding hydrogens is 387 g/mol. The number of nitrogens with zero attached hydrogens (tertiary/aromatic N) is 1. The Labute approximate surface area is 167 Å². The minimum absolute atomic E-state index is 0.0371. The topological polar surface area (TPSA) is 69.6 Å². The highest BCUT2D eigenvalue weighted by Gasteiger charge is 2.28. The van der Waals surface area contributed by atoms with E-state index in [1.165, 1.54) is 6.07 Å². The van der Waals surface area contributed by atoms with E-state index in [9.17, 15) is 14.7 Å². The summed E-state index contributed by atoms with van der Waals surface area (Å²) in [7, 11) is 0. The van der Waals surface area contributed by atoms with Crippen LogP contribution in [0.15, 0.2) is 42.5 Å². The van der Waals surface area contributed by atoms with E-state index in [1.54, 1.807) is 41.3 Å². The zero-order valence-electron chi connectivity index (χ0n) is 14.6. The molecule has 1 aliphatic heterocycles. The number of anilines is 1. The molecule has 0 atom stereocenters. The summed E-state index contributed by atoms with van der Waals surface area (Å²) in [4.78, 5) is 26.7. The van der Waals surface area contributed by atoms with Gasteiger partial charge in [-0.3, -0.25) is 9.59 Å². The van der Waals surface area contributed by atoms with Crippen molar-refractivity contribution >= 4 is 40.7 Å². The molecule has 27 heavy (non-hydrogen) atoms. The lowest BCUT2D eigenvalue weighted by molar-refractivity contribution is -0.133. The molecule has 0 aliphatic carbocycles. The molecule has 0 saturated carbocycles. The number of para-hydroxylation sites is 2. The van der Waals surface area contributed by atoms with E-state index >= 15 is 0 Å². The van der Waals surface area contributed by atoms with Gasteiger partial charge in [-0.2, -0.15) is 0 Å². The summed E-state index contributed by atoms with van der Waals surface area (Å²) in [6, 6.07) is 11.8. The molecular formula is C20H20Cl2N2O3. The van der Waals surface area contributed by atoms with Crippen molar-refractivity contribution in [1.29, 1.82) is 0 Å². The molecule has 2 amide bonds. The van der Waals surface area contributed by atoms with Gasteiger partial charge in [0.05, 0.1) is 12.1 Å². The molecule has 1 aliphatic rings. The number of carbonyl (C=O) groups excluding carboxylic acids is 2. The molecule has 142 valence electrons. The average Bonchev–Trinajstić information content (AvgIpc) is 2.66. The van der Waals surface area contributed by atoms with Gasteiger partial charge in [-0.25, -0.2) is 0 Å². The molecule has 2 aromatic carbocycles. The van der Waals surface area contributed by atoms with Crippen LogP contribution in [0.2, 0.25) is 10.0 Å². The maximum absolute atomic E-state index is 12.6. The molecule has 0 spiro atoms. The van der Waals surface area contributed by atoms with Crippen LogP contribution < -0.4 is 5.32 Å². The molecule has 0 unspecified atom stereocenters. The van der Waals surface area contributed by atoms with E-state index in [4.69, 9.17) is 23.2 Å². The fourth-order valence-electron chi connectivity index (χ4n) is 3.17. The van der Waals surface area contributed by atoms with E-state index in [-0.39, 0.29) is 29.9 Å². The van der Waals surface area contributed by atoms with Crippen molar-refractivity contribution in [3.8, 4) is 5.75 Å². The number of rotatable bonds is 4. The Kier molecular flexibility index (Phi) is 6.24. The van der Waals surface area contributed by atoms with E-state index in [0.717, 1.165) is 0 Å². The van der Waals surface area contributed by atoms with Crippen LogP contribution in [0.5, 0.6) is 5.75 Å². The summed E-state index contributed by atoms with van der Waals surface area (Å²) >= 11 is 12.3. The van der Waals surface area contributed by atoms with Crippen molar-refractivity contribution in [3.05, 3.63) is 58.1 Å². The second-order valence-corrected chi connectivity index (χ2v) is 7.35. The van der Waals surface area contributed by atoms with E-state index in [1.807, 2.05) is 0 Å². The van der Waals surface area contributed by atoms with Crippen LogP contribution in [-0.2, 0) is 16.0 Å². The summed E-state index contributed by atoms with van der Waals surface area (Å²) in [5, 5.41) is 13.5. The number of likely N-dealkylation sites (tertiary alicyclic amines) is 1. The minimum atomic E-state index is -0.197. The highest BCUT2D eigenvalue weighted by Crippen LogP contribution is 2.27. The molecule has 5 nitrogen and oxygen atoms in total. The van der Waals surface area contributed by atoms with Crippen molar-refractivity contribution in [1.82, 2.24) is 4.90 Å². The maximum Gasteiger partial charge on any atom is 0.227 e. The normalized spacial score (nSPS) is 14.8. The minimum Gasteiger partial charge on any atom is -0.506 e. The number of amides is 2. The van der Waals surface area contributed by atoms with E-state index in [0.29, 0.717) is 47.2 Å². The van der Waals surface area contributed by atoms with Crippen LogP contribution in [-0.4, -0.2) is 34.9 Å². The van der Waals surface area contributed by atoms with Gasteiger partial charge >= 0.3 is 0 Å². The monoisotopic (exact) mass is 406 g/mol. The first-order valence-electron chi connectivity index (χ1n) is 8.75. The molecule has 2 N–H and O–H groups in total. The van der Waals surface area contributed by atoms with Gasteiger partial charge < -0.3 is 15.3 Å². The van der Waals surface area contributed by atoms with Crippen LogP contribution in [0.1, 0.15) is 18.4 Å². The van der Waals surface area contributed by atoms with Gasteiger partial charge in [-0.05, 0) is 42.7 Å². The Morgan fingerprint density at radius 2 is 1.67 bits per heavy atom. The Morgan fingerprint density at radius 1 is 1.04 bits per heavy atom. The van der Waals surface area contributed by atoms with Crippen LogP contribution in [0.3, 0.4) is 0 Å². The van der Waals surface area contributed by atoms with Crippen molar-refractivity contribution in [2.75, 3.05) is 18.4 Å². The summed E-state index contributed by atoms with van der Waals surface area (Å²) in [5.41, 5.74) is 1.03. The number of halogens is 2. The lowest BCUT2D eigenvalue weighted by Crippen LogP contribution is -2.42. The average molecular weight is 407 g/mol. The lowest BCUT2D eigenvalue weighted by Gasteiger charge is -2.31. The number of aromatic hydroxyl groups is 1. The number of benzene rings is 2. The predicted molar refractivity (Wildman–Crippen MR) is 106 cm³/mol. The third-order valence-electron chi connectivity index (χ3n) is 4.77. The number of hydrogen-bond donors (Lipinski definition) is 2. The first-order valence-corrected chi connectivity index (χ1v) is 9.51. The molecule has 0 bridgehead atoms. The Morgan fingerprint density at radius 3 is 2.30 bits per heavy atom. The molecule has 0 radical (unpaired) electrons. The standard InChI is InChI=1S/C20H20Cl2N2O3/c21-15-4-3-5-16(22)14(15)12-19(26)24-10-8-13(9-11-24)20(27)23-17-6-1-2-7-18(17)25/h1-7,13,25H,8-12H2,(H,23,27). The summed E-state index contributed by atoms with van der Waals surface area (Å²) in [6.07, 6.45) is 1.29. The number of nitrogens with one attached hydrogen (secondary N) is 1. The molecule has 1 heterocycles. The van der Waals surface area contributed by atoms with Crippen molar-refractivity contribution in [2.24, 2.45) is 5.92 Å². The molecule has 1 saturated heterocycles. The van der Waals surface area contributed by atoms with Gasteiger partial charge in [0.15, 0.2) is 0 Å². The summed E-state index contributed by atoms with van der Waals surface area (Å²) in [6.45, 7) is 1.000. The maximum atomic E-state index is 12.6. The highest BCUT2D eigenvalue weighted by molar-refractivity contribution is 6.36. The highest BCUT2D eigenvalue weighted by atomic mass is 35.5. The summed E-state index contributed by atoms with van der Waals surface area (Å²) < 4.78 is 0. The van der Waals surface area contributed by atoms with Crippen molar-refractivity contribution < 1.29 is 14.7 Å². The number of piperidine rings is 1.